The monoisotopic (exact) mass is 466 g/mol. The van der Waals surface area contributed by atoms with Crippen LogP contribution in [-0.4, -0.2) is 57.6 Å². The Morgan fingerprint density at radius 2 is 1.97 bits per heavy atom. The molecular weight excluding hydrogens is 432 g/mol. The number of nitrogens with zero attached hydrogens (tertiary/aromatic N) is 4. The molecule has 0 bridgehead atoms. The fourth-order valence-corrected chi connectivity index (χ4v) is 3.67. The molecule has 0 spiro atoms. The molecule has 1 atom stereocenters. The molecule has 3 rings (SSSR count). The molecule has 1 aromatic heterocycles. The average molecular weight is 467 g/mol. The molecule has 2 amide bonds. The van der Waals surface area contributed by atoms with Crippen LogP contribution in [0, 0.1) is 5.41 Å². The van der Waals surface area contributed by atoms with Crippen LogP contribution in [0.15, 0.2) is 36.9 Å². The topological polar surface area (TPSA) is 138 Å². The Kier molecular flexibility index (Phi) is 8.17. The molecule has 0 radical (unpaired) electrons. The standard InChI is InChI=1S/C24H34N8O2/c1-5-19(33)32-12-6-7-18(14-32)28-23-29-22(20(21(25)34)30-31-23)27-17-10-8-16(9-11-17)13-26-15-24(2,3)4/h5,8-11,18,26H,1,6-7,12-15H2,2-4H3,(H2,25,34)(H2,27,28,29,31). The number of hydrogen-bond acceptors (Lipinski definition) is 8. The van der Waals surface area contributed by atoms with E-state index >= 15 is 0 Å². The molecule has 10 heteroatoms. The van der Waals surface area contributed by atoms with E-state index in [9.17, 15) is 9.59 Å². The van der Waals surface area contributed by atoms with Gasteiger partial charge < -0.3 is 26.6 Å². The number of anilines is 3. The van der Waals surface area contributed by atoms with Gasteiger partial charge in [-0.1, -0.05) is 39.5 Å². The fraction of sp³-hybridized carbons (Fsp3) is 0.458. The summed E-state index contributed by atoms with van der Waals surface area (Å²) in [5.41, 5.74) is 7.54. The molecule has 1 aliphatic heterocycles. The smallest absolute Gasteiger partial charge is 0.273 e. The molecule has 0 saturated carbocycles. The van der Waals surface area contributed by atoms with Crippen molar-refractivity contribution in [2.24, 2.45) is 11.1 Å². The summed E-state index contributed by atoms with van der Waals surface area (Å²) in [6.45, 7) is 13.0. The van der Waals surface area contributed by atoms with Crippen molar-refractivity contribution in [1.29, 1.82) is 0 Å². The number of benzene rings is 1. The van der Waals surface area contributed by atoms with Gasteiger partial charge in [-0.3, -0.25) is 9.59 Å². The predicted octanol–water partition coefficient (Wildman–Crippen LogP) is 2.44. The summed E-state index contributed by atoms with van der Waals surface area (Å²) in [4.78, 5) is 30.0. The summed E-state index contributed by atoms with van der Waals surface area (Å²) in [6.07, 6.45) is 3.03. The van der Waals surface area contributed by atoms with E-state index in [1.54, 1.807) is 4.90 Å². The van der Waals surface area contributed by atoms with Gasteiger partial charge in [-0.15, -0.1) is 10.2 Å². The minimum absolute atomic E-state index is 0.0355. The van der Waals surface area contributed by atoms with Crippen LogP contribution in [0.2, 0.25) is 0 Å². The zero-order valence-electron chi connectivity index (χ0n) is 20.1. The largest absolute Gasteiger partial charge is 0.364 e. The van der Waals surface area contributed by atoms with Gasteiger partial charge in [0.05, 0.1) is 0 Å². The number of carbonyl (C=O) groups excluding carboxylic acids is 2. The highest BCUT2D eigenvalue weighted by Gasteiger charge is 2.23. The highest BCUT2D eigenvalue weighted by Crippen LogP contribution is 2.20. The number of rotatable bonds is 9. The van der Waals surface area contributed by atoms with Gasteiger partial charge in [0.25, 0.3) is 5.91 Å². The van der Waals surface area contributed by atoms with Crippen molar-refractivity contribution in [3.05, 3.63) is 48.2 Å². The van der Waals surface area contributed by atoms with Crippen molar-refractivity contribution in [3.63, 3.8) is 0 Å². The lowest BCUT2D eigenvalue weighted by Gasteiger charge is -2.32. The molecule has 34 heavy (non-hydrogen) atoms. The number of amides is 2. The Hall–Kier alpha value is -3.53. The van der Waals surface area contributed by atoms with E-state index < -0.39 is 5.91 Å². The first-order valence-corrected chi connectivity index (χ1v) is 11.4. The number of piperidine rings is 1. The molecule has 1 unspecified atom stereocenters. The quantitative estimate of drug-likeness (QED) is 0.414. The zero-order valence-corrected chi connectivity index (χ0v) is 20.1. The van der Waals surface area contributed by atoms with Gasteiger partial charge in [-0.05, 0) is 42.0 Å². The maximum absolute atomic E-state index is 11.9. The van der Waals surface area contributed by atoms with Gasteiger partial charge in [0.1, 0.15) is 0 Å². The van der Waals surface area contributed by atoms with Crippen LogP contribution in [0.1, 0.15) is 49.7 Å². The lowest BCUT2D eigenvalue weighted by Crippen LogP contribution is -2.44. The van der Waals surface area contributed by atoms with Crippen molar-refractivity contribution in [3.8, 4) is 0 Å². The van der Waals surface area contributed by atoms with E-state index in [1.165, 1.54) is 6.08 Å². The van der Waals surface area contributed by atoms with Crippen LogP contribution in [0.4, 0.5) is 17.5 Å². The number of nitrogens with one attached hydrogen (secondary N) is 3. The Morgan fingerprint density at radius 1 is 1.24 bits per heavy atom. The second kappa shape index (κ2) is 11.1. The zero-order chi connectivity index (χ0) is 24.7. The van der Waals surface area contributed by atoms with Crippen molar-refractivity contribution in [2.75, 3.05) is 30.3 Å². The summed E-state index contributed by atoms with van der Waals surface area (Å²) in [7, 11) is 0. The number of carbonyl (C=O) groups is 2. The van der Waals surface area contributed by atoms with Crippen LogP contribution < -0.4 is 21.7 Å². The van der Waals surface area contributed by atoms with Gasteiger partial charge in [-0.25, -0.2) is 0 Å². The van der Waals surface area contributed by atoms with E-state index in [4.69, 9.17) is 5.73 Å². The average Bonchev–Trinajstić information content (AvgIpc) is 2.79. The summed E-state index contributed by atoms with van der Waals surface area (Å²) in [5.74, 6) is -0.349. The number of likely N-dealkylation sites (tertiary alicyclic amines) is 1. The molecule has 1 aliphatic rings. The molecule has 1 saturated heterocycles. The Balaban J connectivity index is 1.68. The molecule has 2 heterocycles. The number of primary amides is 1. The van der Waals surface area contributed by atoms with Gasteiger partial charge in [-0.2, -0.15) is 4.98 Å². The maximum Gasteiger partial charge on any atom is 0.273 e. The van der Waals surface area contributed by atoms with E-state index in [2.05, 4.69) is 58.5 Å². The highest BCUT2D eigenvalue weighted by atomic mass is 16.2. The molecule has 0 aliphatic carbocycles. The summed E-state index contributed by atoms with van der Waals surface area (Å²) in [6, 6.07) is 7.79. The molecule has 182 valence electrons. The molecule has 2 aromatic rings. The van der Waals surface area contributed by atoms with Crippen LogP contribution in [-0.2, 0) is 11.3 Å². The highest BCUT2D eigenvalue weighted by molar-refractivity contribution is 5.96. The number of aromatic nitrogens is 3. The molecule has 10 nitrogen and oxygen atoms in total. The third kappa shape index (κ3) is 7.24. The summed E-state index contributed by atoms with van der Waals surface area (Å²) >= 11 is 0. The Morgan fingerprint density at radius 3 is 2.62 bits per heavy atom. The first-order chi connectivity index (χ1) is 16.1. The van der Waals surface area contributed by atoms with Crippen molar-refractivity contribution < 1.29 is 9.59 Å². The van der Waals surface area contributed by atoms with Crippen LogP contribution in [0.3, 0.4) is 0 Å². The lowest BCUT2D eigenvalue weighted by atomic mass is 9.97. The molecule has 1 aromatic carbocycles. The van der Waals surface area contributed by atoms with Crippen LogP contribution >= 0.6 is 0 Å². The second-order valence-corrected chi connectivity index (χ2v) is 9.65. The minimum Gasteiger partial charge on any atom is -0.364 e. The third-order valence-electron chi connectivity index (χ3n) is 5.36. The van der Waals surface area contributed by atoms with Gasteiger partial charge in [0, 0.05) is 37.9 Å². The number of hydrogen-bond donors (Lipinski definition) is 4. The van der Waals surface area contributed by atoms with Gasteiger partial charge in [0.2, 0.25) is 11.9 Å². The lowest BCUT2D eigenvalue weighted by molar-refractivity contribution is -0.127. The number of nitrogens with two attached hydrogens (primary N) is 1. The van der Waals surface area contributed by atoms with Crippen molar-refractivity contribution >= 4 is 29.3 Å². The van der Waals surface area contributed by atoms with Crippen LogP contribution in [0.5, 0.6) is 0 Å². The fourth-order valence-electron chi connectivity index (χ4n) is 3.67. The Labute approximate surface area is 200 Å². The van der Waals surface area contributed by atoms with E-state index in [0.717, 1.165) is 37.2 Å². The summed E-state index contributed by atoms with van der Waals surface area (Å²) < 4.78 is 0. The summed E-state index contributed by atoms with van der Waals surface area (Å²) in [5, 5.41) is 17.8. The second-order valence-electron chi connectivity index (χ2n) is 9.65. The van der Waals surface area contributed by atoms with Crippen molar-refractivity contribution in [1.82, 2.24) is 25.4 Å². The van der Waals surface area contributed by atoms with E-state index in [-0.39, 0.29) is 34.8 Å². The normalized spacial score (nSPS) is 16.1. The SMILES string of the molecule is C=CC(=O)N1CCCC(Nc2nnc(C(N)=O)c(Nc3ccc(CNCC(C)(C)C)cc3)n2)C1. The molecule has 5 N–H and O–H groups in total. The predicted molar refractivity (Wildman–Crippen MR) is 133 cm³/mol. The first kappa shape index (κ1) is 25.1. The van der Waals surface area contributed by atoms with Crippen LogP contribution in [0.25, 0.3) is 0 Å². The Bertz CT molecular complexity index is 1020. The van der Waals surface area contributed by atoms with E-state index in [0.29, 0.717) is 13.1 Å². The van der Waals surface area contributed by atoms with E-state index in [1.807, 2.05) is 24.3 Å². The third-order valence-corrected chi connectivity index (χ3v) is 5.36. The van der Waals surface area contributed by atoms with Gasteiger partial charge >= 0.3 is 0 Å². The molecule has 1 fully saturated rings. The van der Waals surface area contributed by atoms with Crippen molar-refractivity contribution in [2.45, 2.75) is 46.2 Å². The minimum atomic E-state index is -0.725. The maximum atomic E-state index is 11.9. The first-order valence-electron chi connectivity index (χ1n) is 11.4. The molecular formula is C24H34N8O2. The van der Waals surface area contributed by atoms with Gasteiger partial charge in [0.15, 0.2) is 11.5 Å².